The number of H-pyrrole nitrogens is 1. The molecule has 0 aliphatic rings. The van der Waals surface area contributed by atoms with Crippen LogP contribution in [0.2, 0.25) is 0 Å². The first kappa shape index (κ1) is 6.47. The number of carbonyl (C=O) groups excluding carboxylic acids is 2. The molecular formula is C5H4N2O3. The number of nitrogens with one attached hydrogen (secondary N) is 1. The van der Waals surface area contributed by atoms with E-state index in [1.807, 2.05) is 0 Å². The Morgan fingerprint density at radius 3 is 3.10 bits per heavy atom. The third-order valence-corrected chi connectivity index (χ3v) is 0.847. The van der Waals surface area contributed by atoms with Crippen molar-refractivity contribution in [2.75, 3.05) is 0 Å². The molecule has 0 radical (unpaired) electrons. The number of carbonyl (C=O) groups is 2. The van der Waals surface area contributed by atoms with Gasteiger partial charge in [-0.15, -0.1) is 0 Å². The highest BCUT2D eigenvalue weighted by Gasteiger charge is 2.07. The maximum atomic E-state index is 10.6. The van der Waals surface area contributed by atoms with Crippen molar-refractivity contribution in [3.63, 3.8) is 0 Å². The van der Waals surface area contributed by atoms with Crippen LogP contribution in [0, 0.1) is 0 Å². The fourth-order valence-corrected chi connectivity index (χ4v) is 0.476. The molecule has 52 valence electrons. The van der Waals surface area contributed by atoms with Gasteiger partial charge in [-0.1, -0.05) is 0 Å². The summed E-state index contributed by atoms with van der Waals surface area (Å²) in [6.45, 7) is 0.0604. The van der Waals surface area contributed by atoms with Gasteiger partial charge in [0.1, 0.15) is 0 Å². The van der Waals surface area contributed by atoms with Crippen molar-refractivity contribution in [3.05, 3.63) is 18.2 Å². The van der Waals surface area contributed by atoms with Gasteiger partial charge in [-0.3, -0.25) is 4.79 Å². The first-order valence-corrected chi connectivity index (χ1v) is 2.48. The van der Waals surface area contributed by atoms with Crippen LogP contribution in [0.15, 0.2) is 12.4 Å². The van der Waals surface area contributed by atoms with E-state index in [9.17, 15) is 9.59 Å². The second kappa shape index (κ2) is 2.77. The SMILES string of the molecule is O=COC(=O)c1ncc[nH]1. The Morgan fingerprint density at radius 1 is 1.80 bits per heavy atom. The molecule has 0 spiro atoms. The quantitative estimate of drug-likeness (QED) is 0.348. The van der Waals surface area contributed by atoms with Crippen LogP contribution in [-0.2, 0) is 9.53 Å². The zero-order valence-electron chi connectivity index (χ0n) is 4.90. The van der Waals surface area contributed by atoms with Gasteiger partial charge in [0, 0.05) is 12.4 Å². The van der Waals surface area contributed by atoms with E-state index in [-0.39, 0.29) is 12.3 Å². The molecule has 0 atom stereocenters. The number of rotatable bonds is 2. The standard InChI is InChI=1S/C5H4N2O3/c8-3-10-5(9)4-6-1-2-7-4/h1-3H,(H,6,7). The van der Waals surface area contributed by atoms with Crippen LogP contribution in [-0.4, -0.2) is 22.4 Å². The monoisotopic (exact) mass is 140 g/mol. The third kappa shape index (κ3) is 1.19. The Balaban J connectivity index is 2.68. The second-order valence-electron chi connectivity index (χ2n) is 1.44. The van der Waals surface area contributed by atoms with Gasteiger partial charge in [-0.25, -0.2) is 9.78 Å². The van der Waals surface area contributed by atoms with Gasteiger partial charge in [0.05, 0.1) is 0 Å². The molecule has 0 aliphatic carbocycles. The molecule has 0 saturated heterocycles. The highest BCUT2D eigenvalue weighted by Crippen LogP contribution is 1.89. The molecule has 0 bridgehead atoms. The van der Waals surface area contributed by atoms with Crippen LogP contribution in [0.25, 0.3) is 0 Å². The van der Waals surface area contributed by atoms with E-state index in [4.69, 9.17) is 0 Å². The van der Waals surface area contributed by atoms with E-state index < -0.39 is 5.97 Å². The summed E-state index contributed by atoms with van der Waals surface area (Å²) in [6.07, 6.45) is 2.85. The zero-order chi connectivity index (χ0) is 7.40. The minimum Gasteiger partial charge on any atom is -0.389 e. The smallest absolute Gasteiger partial charge is 0.381 e. The average molecular weight is 140 g/mol. The van der Waals surface area contributed by atoms with Gasteiger partial charge < -0.3 is 9.72 Å². The number of hydrogen-bond acceptors (Lipinski definition) is 4. The van der Waals surface area contributed by atoms with Gasteiger partial charge in [0.2, 0.25) is 5.82 Å². The lowest BCUT2D eigenvalue weighted by Gasteiger charge is -1.88. The molecule has 0 saturated carbocycles. The molecule has 1 heterocycles. The summed E-state index contributed by atoms with van der Waals surface area (Å²) in [4.78, 5) is 26.2. The van der Waals surface area contributed by atoms with Crippen LogP contribution in [0.3, 0.4) is 0 Å². The van der Waals surface area contributed by atoms with E-state index in [1.165, 1.54) is 12.4 Å². The molecule has 5 heteroatoms. The lowest BCUT2D eigenvalue weighted by molar-refractivity contribution is -0.123. The summed E-state index contributed by atoms with van der Waals surface area (Å²) in [7, 11) is 0. The Morgan fingerprint density at radius 2 is 2.60 bits per heavy atom. The largest absolute Gasteiger partial charge is 0.389 e. The maximum Gasteiger partial charge on any atom is 0.381 e. The highest BCUT2D eigenvalue weighted by atomic mass is 16.6. The summed E-state index contributed by atoms with van der Waals surface area (Å²) < 4.78 is 3.97. The topological polar surface area (TPSA) is 72.1 Å². The van der Waals surface area contributed by atoms with E-state index in [0.717, 1.165) is 0 Å². The number of hydrogen-bond donors (Lipinski definition) is 1. The Hall–Kier alpha value is -1.65. The molecule has 1 N–H and O–H groups in total. The number of aromatic amines is 1. The fourth-order valence-electron chi connectivity index (χ4n) is 0.476. The van der Waals surface area contributed by atoms with Gasteiger partial charge in [-0.05, 0) is 0 Å². The normalized spacial score (nSPS) is 8.80. The van der Waals surface area contributed by atoms with Gasteiger partial charge in [0.25, 0.3) is 0 Å². The molecule has 0 aliphatic heterocycles. The predicted octanol–water partition coefficient (Wildman–Crippen LogP) is -0.277. The maximum absolute atomic E-state index is 10.6. The molecular weight excluding hydrogens is 136 g/mol. The Kier molecular flexibility index (Phi) is 1.79. The molecule has 0 aromatic carbocycles. The molecule has 1 rings (SSSR count). The van der Waals surface area contributed by atoms with E-state index in [2.05, 4.69) is 14.7 Å². The van der Waals surface area contributed by atoms with Crippen molar-refractivity contribution in [1.82, 2.24) is 9.97 Å². The summed E-state index contributed by atoms with van der Waals surface area (Å²) in [5.41, 5.74) is 0. The van der Waals surface area contributed by atoms with Crippen molar-refractivity contribution < 1.29 is 14.3 Å². The van der Waals surface area contributed by atoms with Crippen LogP contribution < -0.4 is 0 Å². The van der Waals surface area contributed by atoms with Gasteiger partial charge in [-0.2, -0.15) is 0 Å². The minimum atomic E-state index is -0.778. The number of ether oxygens (including phenoxy) is 1. The average Bonchev–Trinajstić information content (AvgIpc) is 2.38. The predicted molar refractivity (Wildman–Crippen MR) is 30.1 cm³/mol. The van der Waals surface area contributed by atoms with E-state index in [0.29, 0.717) is 0 Å². The second-order valence-corrected chi connectivity index (χ2v) is 1.44. The van der Waals surface area contributed by atoms with Crippen molar-refractivity contribution in [1.29, 1.82) is 0 Å². The molecule has 0 amide bonds. The van der Waals surface area contributed by atoms with Crippen LogP contribution in [0.4, 0.5) is 0 Å². The first-order valence-electron chi connectivity index (χ1n) is 2.48. The molecule has 1 aromatic heterocycles. The van der Waals surface area contributed by atoms with Gasteiger partial charge >= 0.3 is 12.4 Å². The molecule has 1 aromatic rings. The summed E-state index contributed by atoms with van der Waals surface area (Å²) in [5, 5.41) is 0. The van der Waals surface area contributed by atoms with Crippen LogP contribution in [0.5, 0.6) is 0 Å². The van der Waals surface area contributed by atoms with E-state index in [1.54, 1.807) is 0 Å². The third-order valence-electron chi connectivity index (χ3n) is 0.847. The van der Waals surface area contributed by atoms with Crippen molar-refractivity contribution >= 4 is 12.4 Å². The summed E-state index contributed by atoms with van der Waals surface area (Å²) in [5.74, 6) is -0.757. The summed E-state index contributed by atoms with van der Waals surface area (Å²) >= 11 is 0. The zero-order valence-corrected chi connectivity index (χ0v) is 4.90. The van der Waals surface area contributed by atoms with Crippen molar-refractivity contribution in [2.24, 2.45) is 0 Å². The lowest BCUT2D eigenvalue weighted by Crippen LogP contribution is -2.04. The fraction of sp³-hybridized carbons (Fsp3) is 0. The van der Waals surface area contributed by atoms with Crippen molar-refractivity contribution in [2.45, 2.75) is 0 Å². The van der Waals surface area contributed by atoms with Crippen LogP contribution >= 0.6 is 0 Å². The first-order chi connectivity index (χ1) is 4.84. The number of nitrogens with zero attached hydrogens (tertiary/aromatic N) is 1. The molecule has 0 fully saturated rings. The van der Waals surface area contributed by atoms with Crippen LogP contribution in [0.1, 0.15) is 10.6 Å². The molecule has 10 heavy (non-hydrogen) atoms. The Bertz CT molecular complexity index is 229. The summed E-state index contributed by atoms with van der Waals surface area (Å²) in [6, 6.07) is 0. The number of imidazole rings is 1. The number of esters is 1. The Labute approximate surface area is 56.0 Å². The van der Waals surface area contributed by atoms with Crippen molar-refractivity contribution in [3.8, 4) is 0 Å². The van der Waals surface area contributed by atoms with E-state index >= 15 is 0 Å². The molecule has 0 unspecified atom stereocenters. The number of aromatic nitrogens is 2. The highest BCUT2D eigenvalue weighted by molar-refractivity contribution is 5.89. The van der Waals surface area contributed by atoms with Gasteiger partial charge in [0.15, 0.2) is 0 Å². The lowest BCUT2D eigenvalue weighted by atomic mass is 10.6. The minimum absolute atomic E-state index is 0.0205. The molecule has 5 nitrogen and oxygen atoms in total.